The van der Waals surface area contributed by atoms with Gasteiger partial charge in [-0.2, -0.15) is 0 Å². The summed E-state index contributed by atoms with van der Waals surface area (Å²) >= 11 is 0. The van der Waals surface area contributed by atoms with Gasteiger partial charge in [-0.15, -0.1) is 0 Å². The highest BCUT2D eigenvalue weighted by atomic mass is 16.6. The predicted octanol–water partition coefficient (Wildman–Crippen LogP) is 2.32. The molecule has 2 rings (SSSR count). The lowest BCUT2D eigenvalue weighted by atomic mass is 9.94. The molecule has 22 heavy (non-hydrogen) atoms. The van der Waals surface area contributed by atoms with Gasteiger partial charge in [0.1, 0.15) is 0 Å². The molecular formula is C15H19N3O4. The SMILES string of the molecule is CN(C(=O)C(=O)Nc1ccc([N+](=O)[O-])cc1)C1CCCCC1. The molecule has 118 valence electrons. The second-order valence-electron chi connectivity index (χ2n) is 5.47. The van der Waals surface area contributed by atoms with Crippen molar-refractivity contribution in [2.75, 3.05) is 12.4 Å². The van der Waals surface area contributed by atoms with Gasteiger partial charge in [0.15, 0.2) is 0 Å². The Morgan fingerprint density at radius 3 is 2.32 bits per heavy atom. The number of nitro groups is 1. The summed E-state index contributed by atoms with van der Waals surface area (Å²) in [5.41, 5.74) is 0.296. The Bertz CT molecular complexity index is 565. The van der Waals surface area contributed by atoms with E-state index in [9.17, 15) is 19.7 Å². The molecule has 0 aromatic heterocycles. The van der Waals surface area contributed by atoms with Gasteiger partial charge in [-0.1, -0.05) is 19.3 Å². The average molecular weight is 305 g/mol. The number of anilines is 1. The van der Waals surface area contributed by atoms with Crippen LogP contribution < -0.4 is 5.32 Å². The summed E-state index contributed by atoms with van der Waals surface area (Å²) in [5.74, 6) is -1.30. The maximum absolute atomic E-state index is 12.1. The summed E-state index contributed by atoms with van der Waals surface area (Å²) in [6.45, 7) is 0. The zero-order valence-corrected chi connectivity index (χ0v) is 12.4. The lowest BCUT2D eigenvalue weighted by Crippen LogP contribution is -2.44. The van der Waals surface area contributed by atoms with Gasteiger partial charge in [0.25, 0.3) is 5.69 Å². The van der Waals surface area contributed by atoms with Crippen LogP contribution in [0.15, 0.2) is 24.3 Å². The number of nitro benzene ring substituents is 1. The molecule has 0 aliphatic heterocycles. The molecule has 0 atom stereocenters. The number of likely N-dealkylation sites (N-methyl/N-ethyl adjacent to an activating group) is 1. The van der Waals surface area contributed by atoms with E-state index in [2.05, 4.69) is 5.32 Å². The zero-order valence-electron chi connectivity index (χ0n) is 12.4. The van der Waals surface area contributed by atoms with Crippen molar-refractivity contribution < 1.29 is 14.5 Å². The first-order chi connectivity index (χ1) is 10.5. The fraction of sp³-hybridized carbons (Fsp3) is 0.467. The van der Waals surface area contributed by atoms with E-state index in [0.29, 0.717) is 5.69 Å². The van der Waals surface area contributed by atoms with Crippen LogP contribution in [0.3, 0.4) is 0 Å². The normalized spacial score (nSPS) is 15.1. The fourth-order valence-electron chi connectivity index (χ4n) is 2.65. The standard InChI is InChI=1S/C15H19N3O4/c1-17(12-5-3-2-4-6-12)15(20)14(19)16-11-7-9-13(10-8-11)18(21)22/h7-10,12H,2-6H2,1H3,(H,16,19). The molecule has 0 saturated heterocycles. The predicted molar refractivity (Wildman–Crippen MR) is 81.4 cm³/mol. The van der Waals surface area contributed by atoms with E-state index in [1.54, 1.807) is 7.05 Å². The van der Waals surface area contributed by atoms with Crippen LogP contribution in [0.5, 0.6) is 0 Å². The molecule has 1 aromatic carbocycles. The number of non-ortho nitro benzene ring substituents is 1. The first kappa shape index (κ1) is 15.9. The van der Waals surface area contributed by atoms with Gasteiger partial charge in [-0.3, -0.25) is 19.7 Å². The molecule has 1 aliphatic carbocycles. The molecule has 0 bridgehead atoms. The molecule has 1 saturated carbocycles. The lowest BCUT2D eigenvalue weighted by Gasteiger charge is -2.30. The number of carbonyl (C=O) groups is 2. The van der Waals surface area contributed by atoms with Crippen LogP contribution in [-0.2, 0) is 9.59 Å². The molecular weight excluding hydrogens is 286 g/mol. The lowest BCUT2D eigenvalue weighted by molar-refractivity contribution is -0.384. The summed E-state index contributed by atoms with van der Waals surface area (Å²) in [5, 5.41) is 13.0. The van der Waals surface area contributed by atoms with Crippen molar-refractivity contribution >= 4 is 23.2 Å². The van der Waals surface area contributed by atoms with E-state index >= 15 is 0 Å². The van der Waals surface area contributed by atoms with E-state index in [4.69, 9.17) is 0 Å². The van der Waals surface area contributed by atoms with Gasteiger partial charge in [0.2, 0.25) is 0 Å². The second-order valence-corrected chi connectivity index (χ2v) is 5.47. The van der Waals surface area contributed by atoms with E-state index in [1.807, 2.05) is 0 Å². The largest absolute Gasteiger partial charge is 0.335 e. The monoisotopic (exact) mass is 305 g/mol. The Labute approximate surface area is 128 Å². The average Bonchev–Trinajstić information content (AvgIpc) is 2.54. The Hall–Kier alpha value is -2.44. The molecule has 7 nitrogen and oxygen atoms in total. The van der Waals surface area contributed by atoms with Crippen molar-refractivity contribution in [1.82, 2.24) is 4.90 Å². The van der Waals surface area contributed by atoms with Crippen molar-refractivity contribution in [3.05, 3.63) is 34.4 Å². The molecule has 1 aliphatic rings. The van der Waals surface area contributed by atoms with Gasteiger partial charge >= 0.3 is 11.8 Å². The summed E-state index contributed by atoms with van der Waals surface area (Å²) in [6.07, 6.45) is 5.17. The Kier molecular flexibility index (Phi) is 5.08. The van der Waals surface area contributed by atoms with Crippen LogP contribution in [0.25, 0.3) is 0 Å². The molecule has 1 aromatic rings. The van der Waals surface area contributed by atoms with Gasteiger partial charge in [0, 0.05) is 30.9 Å². The molecule has 2 amide bonds. The Morgan fingerprint density at radius 2 is 1.77 bits per heavy atom. The number of benzene rings is 1. The summed E-state index contributed by atoms with van der Waals surface area (Å²) in [6, 6.07) is 5.49. The van der Waals surface area contributed by atoms with Crippen LogP contribution in [0, 0.1) is 10.1 Å². The number of rotatable bonds is 3. The van der Waals surface area contributed by atoms with E-state index in [0.717, 1.165) is 25.7 Å². The third-order valence-corrected chi connectivity index (χ3v) is 3.97. The summed E-state index contributed by atoms with van der Waals surface area (Å²) in [7, 11) is 1.65. The molecule has 1 fully saturated rings. The Morgan fingerprint density at radius 1 is 1.18 bits per heavy atom. The first-order valence-corrected chi connectivity index (χ1v) is 7.31. The quantitative estimate of drug-likeness (QED) is 0.527. The number of carbonyl (C=O) groups excluding carboxylic acids is 2. The first-order valence-electron chi connectivity index (χ1n) is 7.31. The Balaban J connectivity index is 1.95. The minimum absolute atomic E-state index is 0.0661. The van der Waals surface area contributed by atoms with Gasteiger partial charge < -0.3 is 10.2 Å². The van der Waals surface area contributed by atoms with E-state index < -0.39 is 16.7 Å². The molecule has 0 spiro atoms. The van der Waals surface area contributed by atoms with Crippen molar-refractivity contribution in [3.63, 3.8) is 0 Å². The molecule has 0 radical (unpaired) electrons. The van der Waals surface area contributed by atoms with E-state index in [-0.39, 0.29) is 11.7 Å². The van der Waals surface area contributed by atoms with Crippen LogP contribution in [0.1, 0.15) is 32.1 Å². The summed E-state index contributed by atoms with van der Waals surface area (Å²) in [4.78, 5) is 35.7. The van der Waals surface area contributed by atoms with E-state index in [1.165, 1.54) is 35.6 Å². The minimum atomic E-state index is -0.720. The van der Waals surface area contributed by atoms with Gasteiger partial charge in [0.05, 0.1) is 4.92 Å². The summed E-state index contributed by atoms with van der Waals surface area (Å²) < 4.78 is 0. The van der Waals surface area contributed by atoms with Crippen molar-refractivity contribution in [3.8, 4) is 0 Å². The maximum atomic E-state index is 12.1. The third-order valence-electron chi connectivity index (χ3n) is 3.97. The third kappa shape index (κ3) is 3.81. The second kappa shape index (κ2) is 7.02. The van der Waals surface area contributed by atoms with Gasteiger partial charge in [-0.05, 0) is 25.0 Å². The number of amides is 2. The van der Waals surface area contributed by atoms with Crippen molar-refractivity contribution in [2.45, 2.75) is 38.1 Å². The highest BCUT2D eigenvalue weighted by Crippen LogP contribution is 2.22. The highest BCUT2D eigenvalue weighted by Gasteiger charge is 2.26. The smallest absolute Gasteiger partial charge is 0.313 e. The van der Waals surface area contributed by atoms with Crippen LogP contribution in [0.4, 0.5) is 11.4 Å². The fourth-order valence-corrected chi connectivity index (χ4v) is 2.65. The molecule has 0 heterocycles. The molecule has 1 N–H and O–H groups in total. The zero-order chi connectivity index (χ0) is 16.1. The topological polar surface area (TPSA) is 92.6 Å². The van der Waals surface area contributed by atoms with Gasteiger partial charge in [-0.25, -0.2) is 0 Å². The maximum Gasteiger partial charge on any atom is 0.313 e. The number of nitrogens with zero attached hydrogens (tertiary/aromatic N) is 2. The number of nitrogens with one attached hydrogen (secondary N) is 1. The van der Waals surface area contributed by atoms with Crippen molar-refractivity contribution in [2.24, 2.45) is 0 Å². The van der Waals surface area contributed by atoms with Crippen molar-refractivity contribution in [1.29, 1.82) is 0 Å². The van der Waals surface area contributed by atoms with Crippen LogP contribution >= 0.6 is 0 Å². The minimum Gasteiger partial charge on any atom is -0.335 e. The highest BCUT2D eigenvalue weighted by molar-refractivity contribution is 6.39. The number of hydrogen-bond acceptors (Lipinski definition) is 4. The molecule has 0 unspecified atom stereocenters. The van der Waals surface area contributed by atoms with Crippen LogP contribution in [0.2, 0.25) is 0 Å². The molecule has 7 heteroatoms. The van der Waals surface area contributed by atoms with Crippen LogP contribution in [-0.4, -0.2) is 34.7 Å². The number of hydrogen-bond donors (Lipinski definition) is 1.